The Kier molecular flexibility index (Phi) is 6.52. The molecule has 3 rings (SSSR count). The summed E-state index contributed by atoms with van der Waals surface area (Å²) in [5, 5.41) is 0. The van der Waals surface area contributed by atoms with E-state index in [9.17, 15) is 0 Å². The highest BCUT2D eigenvalue weighted by Crippen LogP contribution is 2.18. The Morgan fingerprint density at radius 2 is 1.92 bits per heavy atom. The molecule has 1 aliphatic heterocycles. The average Bonchev–Trinajstić information content (AvgIpc) is 2.69. The number of aryl methyl sites for hydroxylation is 1. The average molecular weight is 355 g/mol. The lowest BCUT2D eigenvalue weighted by molar-refractivity contribution is 0.153. The Morgan fingerprint density at radius 1 is 1.12 bits per heavy atom. The highest BCUT2D eigenvalue weighted by molar-refractivity contribution is 5.53. The van der Waals surface area contributed by atoms with Gasteiger partial charge in [-0.2, -0.15) is 0 Å². The van der Waals surface area contributed by atoms with E-state index in [0.29, 0.717) is 5.82 Å². The zero-order chi connectivity index (χ0) is 18.4. The first-order valence-corrected chi connectivity index (χ1v) is 9.57. The second kappa shape index (κ2) is 9.05. The Labute approximate surface area is 156 Å². The second-order valence-corrected chi connectivity index (χ2v) is 7.03. The monoisotopic (exact) mass is 354 g/mol. The maximum atomic E-state index is 4.76. The van der Waals surface area contributed by atoms with Gasteiger partial charge in [0, 0.05) is 57.7 Å². The van der Waals surface area contributed by atoms with Gasteiger partial charge in [0.15, 0.2) is 5.82 Å². The van der Waals surface area contributed by atoms with Crippen LogP contribution in [0.4, 0.5) is 5.82 Å². The maximum absolute atomic E-state index is 4.76. The van der Waals surface area contributed by atoms with E-state index in [4.69, 9.17) is 4.98 Å². The molecule has 0 aliphatic carbocycles. The molecule has 6 heteroatoms. The summed E-state index contributed by atoms with van der Waals surface area (Å²) >= 11 is 0. The summed E-state index contributed by atoms with van der Waals surface area (Å²) < 4.78 is 0. The topological polar surface area (TPSA) is 48.4 Å². The number of piperazine rings is 1. The third-order valence-electron chi connectivity index (χ3n) is 4.98. The van der Waals surface area contributed by atoms with Crippen molar-refractivity contribution in [3.05, 3.63) is 36.2 Å². The SMILES string of the molecule is CCc1cc(N(C)CCCN2CCN(C)CC2)nc(-c2ccccn2)n1. The van der Waals surface area contributed by atoms with Gasteiger partial charge in [-0.1, -0.05) is 13.0 Å². The van der Waals surface area contributed by atoms with Crippen LogP contribution in [0.1, 0.15) is 19.0 Å². The lowest BCUT2D eigenvalue weighted by atomic mass is 10.2. The normalized spacial score (nSPS) is 16.0. The first-order chi connectivity index (χ1) is 12.7. The summed E-state index contributed by atoms with van der Waals surface area (Å²) in [6, 6.07) is 7.95. The van der Waals surface area contributed by atoms with Crippen molar-refractivity contribution in [2.24, 2.45) is 0 Å². The van der Waals surface area contributed by atoms with Crippen molar-refractivity contribution in [1.29, 1.82) is 0 Å². The van der Waals surface area contributed by atoms with Crippen molar-refractivity contribution in [2.45, 2.75) is 19.8 Å². The van der Waals surface area contributed by atoms with Gasteiger partial charge in [-0.15, -0.1) is 0 Å². The van der Waals surface area contributed by atoms with Crippen LogP contribution in [-0.2, 0) is 6.42 Å². The Balaban J connectivity index is 1.62. The molecule has 2 aromatic heterocycles. The molecule has 0 atom stereocenters. The summed E-state index contributed by atoms with van der Waals surface area (Å²) in [6.07, 6.45) is 3.83. The molecule has 0 bridgehead atoms. The van der Waals surface area contributed by atoms with Crippen LogP contribution in [-0.4, -0.2) is 78.1 Å². The van der Waals surface area contributed by atoms with Crippen LogP contribution in [0.5, 0.6) is 0 Å². The molecule has 0 aromatic carbocycles. The number of aromatic nitrogens is 3. The second-order valence-electron chi connectivity index (χ2n) is 7.03. The summed E-state index contributed by atoms with van der Waals surface area (Å²) in [4.78, 5) is 21.0. The van der Waals surface area contributed by atoms with E-state index in [1.807, 2.05) is 18.2 Å². The first-order valence-electron chi connectivity index (χ1n) is 9.57. The van der Waals surface area contributed by atoms with Crippen LogP contribution in [0, 0.1) is 0 Å². The summed E-state index contributed by atoms with van der Waals surface area (Å²) in [7, 11) is 4.32. The van der Waals surface area contributed by atoms with E-state index in [1.165, 1.54) is 26.2 Å². The third kappa shape index (κ3) is 4.99. The number of rotatable bonds is 7. The lowest BCUT2D eigenvalue weighted by Gasteiger charge is -2.32. The van der Waals surface area contributed by atoms with Crippen molar-refractivity contribution in [3.8, 4) is 11.5 Å². The number of anilines is 1. The minimum Gasteiger partial charge on any atom is -0.360 e. The number of likely N-dealkylation sites (N-methyl/N-ethyl adjacent to an activating group) is 1. The standard InChI is InChI=1S/C20H30N6/c1-4-17-16-19(23-20(22-17)18-8-5-6-9-21-18)25(3)10-7-11-26-14-12-24(2)13-15-26/h5-6,8-9,16H,4,7,10-15H2,1-3H3. The van der Waals surface area contributed by atoms with Crippen LogP contribution in [0.15, 0.2) is 30.5 Å². The molecule has 0 amide bonds. The van der Waals surface area contributed by atoms with Gasteiger partial charge >= 0.3 is 0 Å². The van der Waals surface area contributed by atoms with Crippen LogP contribution in [0.2, 0.25) is 0 Å². The molecular weight excluding hydrogens is 324 g/mol. The van der Waals surface area contributed by atoms with E-state index in [1.54, 1.807) is 6.20 Å². The predicted octanol–water partition coefficient (Wildman–Crippen LogP) is 2.17. The molecule has 1 aliphatic rings. The van der Waals surface area contributed by atoms with Gasteiger partial charge in [0.1, 0.15) is 11.5 Å². The van der Waals surface area contributed by atoms with Crippen LogP contribution < -0.4 is 4.90 Å². The lowest BCUT2D eigenvalue weighted by Crippen LogP contribution is -2.45. The Morgan fingerprint density at radius 3 is 2.62 bits per heavy atom. The van der Waals surface area contributed by atoms with Gasteiger partial charge in [-0.25, -0.2) is 9.97 Å². The van der Waals surface area contributed by atoms with Gasteiger partial charge < -0.3 is 14.7 Å². The van der Waals surface area contributed by atoms with Gasteiger partial charge in [0.05, 0.1) is 0 Å². The largest absolute Gasteiger partial charge is 0.360 e. The predicted molar refractivity (Wildman–Crippen MR) is 106 cm³/mol. The maximum Gasteiger partial charge on any atom is 0.180 e. The van der Waals surface area contributed by atoms with Crippen molar-refractivity contribution in [3.63, 3.8) is 0 Å². The number of hydrogen-bond donors (Lipinski definition) is 0. The minimum atomic E-state index is 0.714. The molecule has 0 saturated carbocycles. The minimum absolute atomic E-state index is 0.714. The summed E-state index contributed by atoms with van der Waals surface area (Å²) in [6.45, 7) is 8.98. The van der Waals surface area contributed by atoms with Gasteiger partial charge in [-0.05, 0) is 38.6 Å². The molecule has 140 valence electrons. The zero-order valence-corrected chi connectivity index (χ0v) is 16.2. The molecular formula is C20H30N6. The van der Waals surface area contributed by atoms with Crippen molar-refractivity contribution >= 4 is 5.82 Å². The van der Waals surface area contributed by atoms with Crippen LogP contribution >= 0.6 is 0 Å². The molecule has 0 N–H and O–H groups in total. The number of pyridine rings is 1. The van der Waals surface area contributed by atoms with Gasteiger partial charge in [0.2, 0.25) is 0 Å². The van der Waals surface area contributed by atoms with E-state index in [-0.39, 0.29) is 0 Å². The fraction of sp³-hybridized carbons (Fsp3) is 0.550. The van der Waals surface area contributed by atoms with E-state index >= 15 is 0 Å². The van der Waals surface area contributed by atoms with Crippen molar-refractivity contribution < 1.29 is 0 Å². The van der Waals surface area contributed by atoms with Crippen LogP contribution in [0.25, 0.3) is 11.5 Å². The number of nitrogens with zero attached hydrogens (tertiary/aromatic N) is 6. The first kappa shape index (κ1) is 18.7. The molecule has 26 heavy (non-hydrogen) atoms. The zero-order valence-electron chi connectivity index (χ0n) is 16.2. The molecule has 1 saturated heterocycles. The Hall–Kier alpha value is -2.05. The van der Waals surface area contributed by atoms with Crippen LogP contribution in [0.3, 0.4) is 0 Å². The quantitative estimate of drug-likeness (QED) is 0.760. The molecule has 2 aromatic rings. The van der Waals surface area contributed by atoms with Gasteiger partial charge in [-0.3, -0.25) is 4.98 Å². The Bertz CT molecular complexity index is 682. The molecule has 1 fully saturated rings. The highest BCUT2D eigenvalue weighted by Gasteiger charge is 2.14. The summed E-state index contributed by atoms with van der Waals surface area (Å²) in [5.74, 6) is 1.70. The molecule has 6 nitrogen and oxygen atoms in total. The molecule has 0 unspecified atom stereocenters. The van der Waals surface area contributed by atoms with E-state index < -0.39 is 0 Å². The fourth-order valence-corrected chi connectivity index (χ4v) is 3.19. The van der Waals surface area contributed by atoms with Crippen molar-refractivity contribution in [2.75, 3.05) is 58.3 Å². The smallest absolute Gasteiger partial charge is 0.180 e. The third-order valence-corrected chi connectivity index (χ3v) is 4.98. The molecule has 3 heterocycles. The highest BCUT2D eigenvalue weighted by atomic mass is 15.2. The van der Waals surface area contributed by atoms with Crippen molar-refractivity contribution in [1.82, 2.24) is 24.8 Å². The fourth-order valence-electron chi connectivity index (χ4n) is 3.19. The molecule has 0 radical (unpaired) electrons. The number of hydrogen-bond acceptors (Lipinski definition) is 6. The summed E-state index contributed by atoms with van der Waals surface area (Å²) in [5.41, 5.74) is 1.89. The molecule has 0 spiro atoms. The van der Waals surface area contributed by atoms with Gasteiger partial charge in [0.25, 0.3) is 0 Å². The van der Waals surface area contributed by atoms with E-state index in [2.05, 4.69) is 51.8 Å². The van der Waals surface area contributed by atoms with E-state index in [0.717, 1.165) is 43.1 Å².